The molecule has 1 fully saturated rings. The van der Waals surface area contributed by atoms with Crippen molar-refractivity contribution in [1.29, 1.82) is 0 Å². The van der Waals surface area contributed by atoms with Gasteiger partial charge in [0, 0.05) is 37.9 Å². The summed E-state index contributed by atoms with van der Waals surface area (Å²) in [5, 5.41) is 11.7. The minimum atomic E-state index is -1.10. The van der Waals surface area contributed by atoms with E-state index in [9.17, 15) is 19.5 Å². The Bertz CT molecular complexity index is 693. The van der Waals surface area contributed by atoms with Crippen molar-refractivity contribution in [3.05, 3.63) is 21.9 Å². The van der Waals surface area contributed by atoms with Crippen LogP contribution in [0, 0.1) is 0 Å². The first-order valence-corrected chi connectivity index (χ1v) is 10.1. The third-order valence-electron chi connectivity index (χ3n) is 5.81. The molecule has 0 atom stereocenters. The molecule has 1 aliphatic heterocycles. The molecule has 0 bridgehead atoms. The Balaban J connectivity index is 1.56. The molecule has 0 unspecified atom stereocenters. The highest BCUT2D eigenvalue weighted by Gasteiger charge is 2.45. The van der Waals surface area contributed by atoms with E-state index in [-0.39, 0.29) is 24.7 Å². The molecule has 1 aromatic rings. The molecule has 1 aromatic heterocycles. The fourth-order valence-corrected chi connectivity index (χ4v) is 4.96. The average Bonchev–Trinajstić information content (AvgIpc) is 3.13. The lowest BCUT2D eigenvalue weighted by Crippen LogP contribution is -2.56. The maximum Gasteiger partial charge on any atom is 0.329 e. The maximum atomic E-state index is 12.6. The number of carboxylic acids is 1. The third-order valence-corrected chi connectivity index (χ3v) is 6.83. The number of nitrogens with zero attached hydrogens (tertiary/aromatic N) is 2. The van der Waals surface area contributed by atoms with Gasteiger partial charge in [0.25, 0.3) is 0 Å². The van der Waals surface area contributed by atoms with Gasteiger partial charge in [-0.05, 0) is 36.3 Å². The van der Waals surface area contributed by atoms with Gasteiger partial charge in [0.2, 0.25) is 11.8 Å². The summed E-state index contributed by atoms with van der Waals surface area (Å²) in [4.78, 5) is 41.4. The van der Waals surface area contributed by atoms with E-state index in [0.717, 1.165) is 25.7 Å². The van der Waals surface area contributed by atoms with Gasteiger partial charge in [-0.15, -0.1) is 11.3 Å². The predicted molar refractivity (Wildman–Crippen MR) is 98.9 cm³/mol. The normalized spacial score (nSPS) is 18.9. The van der Waals surface area contributed by atoms with Crippen LogP contribution >= 0.6 is 11.3 Å². The van der Waals surface area contributed by atoms with Crippen LogP contribution in [0.1, 0.15) is 55.4 Å². The maximum absolute atomic E-state index is 12.6. The number of carbonyl (C=O) groups is 3. The van der Waals surface area contributed by atoms with Crippen molar-refractivity contribution in [2.45, 2.75) is 63.5 Å². The third kappa shape index (κ3) is 3.63. The van der Waals surface area contributed by atoms with E-state index in [1.54, 1.807) is 23.3 Å². The number of amides is 2. The van der Waals surface area contributed by atoms with E-state index in [2.05, 4.69) is 6.07 Å². The Morgan fingerprint density at radius 3 is 2.65 bits per heavy atom. The summed E-state index contributed by atoms with van der Waals surface area (Å²) in [5.41, 5.74) is 0.0970. The topological polar surface area (TPSA) is 77.9 Å². The molecule has 1 saturated carbocycles. The second-order valence-corrected chi connectivity index (χ2v) is 8.29. The van der Waals surface area contributed by atoms with Crippen LogP contribution in [0.25, 0.3) is 0 Å². The molecule has 3 rings (SSSR count). The molecule has 142 valence electrons. The van der Waals surface area contributed by atoms with Crippen molar-refractivity contribution in [3.63, 3.8) is 0 Å². The Hall–Kier alpha value is -1.89. The van der Waals surface area contributed by atoms with Gasteiger partial charge < -0.3 is 14.9 Å². The van der Waals surface area contributed by atoms with Crippen LogP contribution in [0.15, 0.2) is 11.4 Å². The predicted octanol–water partition coefficient (Wildman–Crippen LogP) is 2.66. The van der Waals surface area contributed by atoms with Gasteiger partial charge in [-0.1, -0.05) is 19.3 Å². The van der Waals surface area contributed by atoms with E-state index in [0.29, 0.717) is 25.9 Å². The van der Waals surface area contributed by atoms with Crippen molar-refractivity contribution in [1.82, 2.24) is 9.80 Å². The number of hydrogen-bond acceptors (Lipinski definition) is 4. The lowest BCUT2D eigenvalue weighted by Gasteiger charge is -2.41. The van der Waals surface area contributed by atoms with Gasteiger partial charge in [-0.25, -0.2) is 4.79 Å². The molecule has 2 aliphatic rings. The number of likely N-dealkylation sites (N-methyl/N-ethyl adjacent to an activating group) is 1. The number of hydrogen-bond donors (Lipinski definition) is 1. The Kier molecular flexibility index (Phi) is 5.65. The zero-order valence-corrected chi connectivity index (χ0v) is 16.0. The molecule has 7 heteroatoms. The Morgan fingerprint density at radius 2 is 1.96 bits per heavy atom. The number of carbonyl (C=O) groups excluding carboxylic acids is 2. The fourth-order valence-electron chi connectivity index (χ4n) is 4.07. The minimum Gasteiger partial charge on any atom is -0.479 e. The lowest BCUT2D eigenvalue weighted by molar-refractivity contribution is -0.160. The molecular weight excluding hydrogens is 352 g/mol. The van der Waals surface area contributed by atoms with Crippen molar-refractivity contribution >= 4 is 29.1 Å². The first kappa shape index (κ1) is 18.9. The van der Waals surface area contributed by atoms with Crippen molar-refractivity contribution < 1.29 is 19.5 Å². The monoisotopic (exact) mass is 378 g/mol. The first-order valence-electron chi connectivity index (χ1n) is 9.27. The highest BCUT2D eigenvalue weighted by Crippen LogP contribution is 2.34. The summed E-state index contributed by atoms with van der Waals surface area (Å²) < 4.78 is 0. The summed E-state index contributed by atoms with van der Waals surface area (Å²) >= 11 is 1.72. The van der Waals surface area contributed by atoms with E-state index < -0.39 is 11.5 Å². The van der Waals surface area contributed by atoms with E-state index in [1.807, 2.05) is 5.38 Å². The summed E-state index contributed by atoms with van der Waals surface area (Å²) in [6.07, 6.45) is 4.70. The zero-order valence-electron chi connectivity index (χ0n) is 15.2. The molecule has 26 heavy (non-hydrogen) atoms. The van der Waals surface area contributed by atoms with Gasteiger partial charge in [-0.3, -0.25) is 9.59 Å². The number of aliphatic carboxylic acids is 1. The van der Waals surface area contributed by atoms with Crippen LogP contribution in [-0.4, -0.2) is 51.8 Å². The van der Waals surface area contributed by atoms with Crippen molar-refractivity contribution in [2.24, 2.45) is 0 Å². The van der Waals surface area contributed by atoms with Crippen LogP contribution in [0.2, 0.25) is 0 Å². The van der Waals surface area contributed by atoms with Gasteiger partial charge in [0.15, 0.2) is 0 Å². The smallest absolute Gasteiger partial charge is 0.329 e. The molecule has 2 heterocycles. The second-order valence-electron chi connectivity index (χ2n) is 7.28. The van der Waals surface area contributed by atoms with Gasteiger partial charge in [-0.2, -0.15) is 0 Å². The fraction of sp³-hybridized carbons (Fsp3) is 0.632. The van der Waals surface area contributed by atoms with Gasteiger partial charge in [0.05, 0.1) is 0 Å². The Morgan fingerprint density at radius 1 is 1.23 bits per heavy atom. The summed E-state index contributed by atoms with van der Waals surface area (Å²) in [5.74, 6) is -1.21. The molecule has 0 saturated heterocycles. The van der Waals surface area contributed by atoms with Crippen molar-refractivity contribution in [3.8, 4) is 0 Å². The molecule has 6 nitrogen and oxygen atoms in total. The second kappa shape index (κ2) is 7.78. The molecule has 1 N–H and O–H groups in total. The standard InChI is InChI=1S/C19H26N2O4S/c1-20(19(18(24)25)9-3-2-4-10-19)16(22)5-6-17(23)21-11-7-15-14(13-21)8-12-26-15/h8,12H,2-7,9-11,13H2,1H3,(H,24,25). The molecule has 1 aliphatic carbocycles. The summed E-state index contributed by atoms with van der Waals surface area (Å²) in [6, 6.07) is 2.05. The number of carboxylic acid groups (broad SMARTS) is 1. The quantitative estimate of drug-likeness (QED) is 0.854. The zero-order chi connectivity index (χ0) is 18.7. The molecule has 0 aromatic carbocycles. The molecular formula is C19H26N2O4S. The largest absolute Gasteiger partial charge is 0.479 e. The van der Waals surface area contributed by atoms with Gasteiger partial charge in [0.1, 0.15) is 5.54 Å². The van der Waals surface area contributed by atoms with Crippen LogP contribution in [0.4, 0.5) is 0 Å². The van der Waals surface area contributed by atoms with E-state index >= 15 is 0 Å². The average molecular weight is 378 g/mol. The Labute approximate surface area is 157 Å². The number of rotatable bonds is 5. The lowest BCUT2D eigenvalue weighted by atomic mass is 9.80. The van der Waals surface area contributed by atoms with E-state index in [1.165, 1.54) is 15.3 Å². The van der Waals surface area contributed by atoms with Crippen LogP contribution < -0.4 is 0 Å². The summed E-state index contributed by atoms with van der Waals surface area (Å²) in [7, 11) is 1.57. The van der Waals surface area contributed by atoms with Gasteiger partial charge >= 0.3 is 5.97 Å². The van der Waals surface area contributed by atoms with Crippen LogP contribution in [-0.2, 0) is 27.3 Å². The molecule has 0 radical (unpaired) electrons. The molecule has 2 amide bonds. The number of thiophene rings is 1. The highest BCUT2D eigenvalue weighted by molar-refractivity contribution is 7.10. The van der Waals surface area contributed by atoms with E-state index in [4.69, 9.17) is 0 Å². The molecule has 0 spiro atoms. The highest BCUT2D eigenvalue weighted by atomic mass is 32.1. The van der Waals surface area contributed by atoms with Crippen molar-refractivity contribution in [2.75, 3.05) is 13.6 Å². The number of fused-ring (bicyclic) bond motifs is 1. The van der Waals surface area contributed by atoms with Crippen LogP contribution in [0.3, 0.4) is 0 Å². The SMILES string of the molecule is CN(C(=O)CCC(=O)N1CCc2sccc2C1)C1(C(=O)O)CCCCC1. The summed E-state index contributed by atoms with van der Waals surface area (Å²) in [6.45, 7) is 1.30. The van der Waals surface area contributed by atoms with Crippen LogP contribution in [0.5, 0.6) is 0 Å². The minimum absolute atomic E-state index is 0.0309. The first-order chi connectivity index (χ1) is 12.4.